The standard InChI is InChI=1S/C30H34N4O2/c1-20(2)33(18-24-11-7-6-8-12-24)28(35)19-34-27-14-10-9-13-26(27)32-29(34)23(5)31-30(36)25-16-15-21(3)17-22(25)4/h6-17,20,23H,18-19H2,1-5H3,(H,31,36). The van der Waals surface area contributed by atoms with Crippen LogP contribution in [0.5, 0.6) is 0 Å². The van der Waals surface area contributed by atoms with Crippen LogP contribution in [0.3, 0.4) is 0 Å². The van der Waals surface area contributed by atoms with Gasteiger partial charge in [-0.3, -0.25) is 9.59 Å². The first kappa shape index (κ1) is 25.2. The number of aryl methyl sites for hydroxylation is 2. The molecule has 36 heavy (non-hydrogen) atoms. The van der Waals surface area contributed by atoms with Crippen LogP contribution in [-0.4, -0.2) is 32.3 Å². The van der Waals surface area contributed by atoms with E-state index in [1.165, 1.54) is 0 Å². The third-order valence-electron chi connectivity index (χ3n) is 6.48. The van der Waals surface area contributed by atoms with Gasteiger partial charge in [-0.15, -0.1) is 0 Å². The topological polar surface area (TPSA) is 67.2 Å². The molecule has 0 saturated carbocycles. The van der Waals surface area contributed by atoms with Crippen LogP contribution >= 0.6 is 0 Å². The van der Waals surface area contributed by atoms with Crippen molar-refractivity contribution in [2.24, 2.45) is 0 Å². The molecule has 6 heteroatoms. The fraction of sp³-hybridized carbons (Fsp3) is 0.300. The van der Waals surface area contributed by atoms with E-state index in [1.807, 2.05) is 117 Å². The largest absolute Gasteiger partial charge is 0.342 e. The number of benzene rings is 3. The molecule has 0 saturated heterocycles. The molecule has 0 bridgehead atoms. The first-order chi connectivity index (χ1) is 17.2. The van der Waals surface area contributed by atoms with E-state index in [-0.39, 0.29) is 30.4 Å². The Balaban J connectivity index is 1.62. The SMILES string of the molecule is Cc1ccc(C(=O)NC(C)c2nc3ccccc3n2CC(=O)N(Cc2ccccc2)C(C)C)c(C)c1. The summed E-state index contributed by atoms with van der Waals surface area (Å²) in [5.41, 5.74) is 5.44. The van der Waals surface area contributed by atoms with Gasteiger partial charge in [-0.25, -0.2) is 4.98 Å². The molecule has 0 aliphatic carbocycles. The molecule has 1 aromatic heterocycles. The number of nitrogens with zero attached hydrogens (tertiary/aromatic N) is 3. The van der Waals surface area contributed by atoms with E-state index in [1.54, 1.807) is 0 Å². The van der Waals surface area contributed by atoms with E-state index < -0.39 is 0 Å². The summed E-state index contributed by atoms with van der Waals surface area (Å²) in [6.45, 7) is 10.6. The lowest BCUT2D eigenvalue weighted by atomic mass is 10.0. The molecule has 0 aliphatic rings. The Bertz CT molecular complexity index is 1370. The molecule has 1 unspecified atom stereocenters. The molecule has 186 valence electrons. The first-order valence-corrected chi connectivity index (χ1v) is 12.4. The van der Waals surface area contributed by atoms with E-state index in [2.05, 4.69) is 5.32 Å². The van der Waals surface area contributed by atoms with Crippen molar-refractivity contribution in [1.29, 1.82) is 0 Å². The summed E-state index contributed by atoms with van der Waals surface area (Å²) in [5, 5.41) is 3.09. The minimum absolute atomic E-state index is 0.00571. The highest BCUT2D eigenvalue weighted by molar-refractivity contribution is 5.96. The van der Waals surface area contributed by atoms with Crippen molar-refractivity contribution in [3.8, 4) is 0 Å². The second kappa shape index (κ2) is 10.8. The third kappa shape index (κ3) is 5.48. The number of hydrogen-bond donors (Lipinski definition) is 1. The smallest absolute Gasteiger partial charge is 0.252 e. The average Bonchev–Trinajstić information content (AvgIpc) is 3.21. The van der Waals surface area contributed by atoms with Gasteiger partial charge in [-0.2, -0.15) is 0 Å². The maximum absolute atomic E-state index is 13.6. The zero-order valence-electron chi connectivity index (χ0n) is 21.7. The quantitative estimate of drug-likeness (QED) is 0.356. The van der Waals surface area contributed by atoms with Gasteiger partial charge in [0.15, 0.2) is 0 Å². The molecule has 2 amide bonds. The monoisotopic (exact) mass is 482 g/mol. The van der Waals surface area contributed by atoms with E-state index >= 15 is 0 Å². The highest BCUT2D eigenvalue weighted by Crippen LogP contribution is 2.23. The molecule has 1 heterocycles. The molecular formula is C30H34N4O2. The van der Waals surface area contributed by atoms with Crippen molar-refractivity contribution in [2.75, 3.05) is 0 Å². The van der Waals surface area contributed by atoms with E-state index in [4.69, 9.17) is 4.98 Å². The van der Waals surface area contributed by atoms with Crippen LogP contribution in [-0.2, 0) is 17.9 Å². The highest BCUT2D eigenvalue weighted by atomic mass is 16.2. The molecule has 1 atom stereocenters. The van der Waals surface area contributed by atoms with E-state index in [0.717, 1.165) is 27.7 Å². The Morgan fingerprint density at radius 2 is 1.64 bits per heavy atom. The Kier molecular flexibility index (Phi) is 7.53. The zero-order chi connectivity index (χ0) is 25.8. The first-order valence-electron chi connectivity index (χ1n) is 12.4. The Hall–Kier alpha value is -3.93. The predicted molar refractivity (Wildman–Crippen MR) is 144 cm³/mol. The van der Waals surface area contributed by atoms with Crippen LogP contribution in [0, 0.1) is 13.8 Å². The highest BCUT2D eigenvalue weighted by Gasteiger charge is 2.24. The van der Waals surface area contributed by atoms with Crippen LogP contribution in [0.15, 0.2) is 72.8 Å². The van der Waals surface area contributed by atoms with Crippen molar-refractivity contribution in [2.45, 2.75) is 59.8 Å². The lowest BCUT2D eigenvalue weighted by Crippen LogP contribution is -2.39. The van der Waals surface area contributed by atoms with Crippen molar-refractivity contribution in [3.05, 3.63) is 101 Å². The molecule has 6 nitrogen and oxygen atoms in total. The molecule has 1 N–H and O–H groups in total. The number of carbonyl (C=O) groups is 2. The normalized spacial score (nSPS) is 12.1. The minimum atomic E-state index is -0.389. The Morgan fingerprint density at radius 1 is 0.944 bits per heavy atom. The van der Waals surface area contributed by atoms with Crippen LogP contribution in [0.2, 0.25) is 0 Å². The van der Waals surface area contributed by atoms with Crippen LogP contribution < -0.4 is 5.32 Å². The van der Waals surface area contributed by atoms with Gasteiger partial charge in [0.1, 0.15) is 12.4 Å². The Morgan fingerprint density at radius 3 is 2.33 bits per heavy atom. The van der Waals surface area contributed by atoms with Gasteiger partial charge in [0.05, 0.1) is 17.1 Å². The van der Waals surface area contributed by atoms with Gasteiger partial charge < -0.3 is 14.8 Å². The van der Waals surface area contributed by atoms with Crippen molar-refractivity contribution >= 4 is 22.8 Å². The summed E-state index contributed by atoms with van der Waals surface area (Å²) in [6.07, 6.45) is 0. The number of para-hydroxylation sites is 2. The number of carbonyl (C=O) groups excluding carboxylic acids is 2. The van der Waals surface area contributed by atoms with E-state index in [0.29, 0.717) is 17.9 Å². The summed E-state index contributed by atoms with van der Waals surface area (Å²) in [4.78, 5) is 33.4. The molecule has 4 aromatic rings. The van der Waals surface area contributed by atoms with Crippen molar-refractivity contribution in [1.82, 2.24) is 19.8 Å². The van der Waals surface area contributed by atoms with Crippen LogP contribution in [0.4, 0.5) is 0 Å². The van der Waals surface area contributed by atoms with Gasteiger partial charge >= 0.3 is 0 Å². The number of rotatable bonds is 8. The predicted octanol–water partition coefficient (Wildman–Crippen LogP) is 5.58. The zero-order valence-corrected chi connectivity index (χ0v) is 21.7. The van der Waals surface area contributed by atoms with Gasteiger partial charge in [0.2, 0.25) is 5.91 Å². The van der Waals surface area contributed by atoms with E-state index in [9.17, 15) is 9.59 Å². The summed E-state index contributed by atoms with van der Waals surface area (Å²) < 4.78 is 1.94. The lowest BCUT2D eigenvalue weighted by Gasteiger charge is -2.28. The van der Waals surface area contributed by atoms with Crippen molar-refractivity contribution in [3.63, 3.8) is 0 Å². The fourth-order valence-electron chi connectivity index (χ4n) is 4.56. The number of nitrogens with one attached hydrogen (secondary N) is 1. The third-order valence-corrected chi connectivity index (χ3v) is 6.48. The van der Waals surface area contributed by atoms with Gasteiger partial charge in [0.25, 0.3) is 5.91 Å². The summed E-state index contributed by atoms with van der Waals surface area (Å²) in [5.74, 6) is 0.509. The average molecular weight is 483 g/mol. The second-order valence-corrected chi connectivity index (χ2v) is 9.66. The molecule has 0 radical (unpaired) electrons. The second-order valence-electron chi connectivity index (χ2n) is 9.66. The number of fused-ring (bicyclic) bond motifs is 1. The van der Waals surface area contributed by atoms with Gasteiger partial charge in [-0.1, -0.05) is 60.2 Å². The fourth-order valence-corrected chi connectivity index (χ4v) is 4.56. The minimum Gasteiger partial charge on any atom is -0.342 e. The van der Waals surface area contributed by atoms with Gasteiger partial charge in [-0.05, 0) is 63.9 Å². The number of amides is 2. The summed E-state index contributed by atoms with van der Waals surface area (Å²) >= 11 is 0. The van der Waals surface area contributed by atoms with Gasteiger partial charge in [0, 0.05) is 18.2 Å². The molecule has 3 aromatic carbocycles. The summed E-state index contributed by atoms with van der Waals surface area (Å²) in [7, 11) is 0. The number of hydrogen-bond acceptors (Lipinski definition) is 3. The molecule has 0 fully saturated rings. The van der Waals surface area contributed by atoms with Crippen molar-refractivity contribution < 1.29 is 9.59 Å². The number of imidazole rings is 1. The lowest BCUT2D eigenvalue weighted by molar-refractivity contribution is -0.134. The molecule has 0 spiro atoms. The number of aromatic nitrogens is 2. The molecule has 0 aliphatic heterocycles. The summed E-state index contributed by atoms with van der Waals surface area (Å²) in [6, 6.07) is 23.2. The maximum atomic E-state index is 13.6. The van der Waals surface area contributed by atoms with Crippen LogP contribution in [0.25, 0.3) is 11.0 Å². The molecular weight excluding hydrogens is 448 g/mol. The Labute approximate surface area is 213 Å². The molecule has 4 rings (SSSR count). The van der Waals surface area contributed by atoms with Crippen LogP contribution in [0.1, 0.15) is 59.7 Å². The maximum Gasteiger partial charge on any atom is 0.252 e.